The minimum Gasteiger partial charge on any atom is -0.494 e. The molecule has 0 radical (unpaired) electrons. The van der Waals surface area contributed by atoms with Crippen molar-refractivity contribution in [1.29, 1.82) is 0 Å². The van der Waals surface area contributed by atoms with Gasteiger partial charge in [0, 0.05) is 12.1 Å². The molecule has 2 N–H and O–H groups in total. The summed E-state index contributed by atoms with van der Waals surface area (Å²) >= 11 is 0. The molecule has 0 amide bonds. The Morgan fingerprint density at radius 2 is 1.79 bits per heavy atom. The topological polar surface area (TPSA) is 49.7 Å². The second-order valence-corrected chi connectivity index (χ2v) is 2.61. The molecule has 0 aliphatic carbocycles. The molecule has 0 atom stereocenters. The van der Waals surface area contributed by atoms with Gasteiger partial charge in [0.2, 0.25) is 0 Å². The van der Waals surface area contributed by atoms with Gasteiger partial charge < -0.3 is 14.8 Å². The molecule has 0 aliphatic heterocycles. The van der Waals surface area contributed by atoms with Crippen molar-refractivity contribution in [3.05, 3.63) is 23.8 Å². The van der Waals surface area contributed by atoms with Crippen molar-refractivity contribution in [2.75, 3.05) is 6.61 Å². The van der Waals surface area contributed by atoms with Crippen LogP contribution in [-0.4, -0.2) is 23.8 Å². The monoisotopic (exact) mass is 202 g/mol. The normalized spacial score (nSPS) is 10.1. The van der Waals surface area contributed by atoms with Crippen molar-refractivity contribution in [3.8, 4) is 5.75 Å². The first-order chi connectivity index (χ1) is 6.56. The van der Waals surface area contributed by atoms with Crippen molar-refractivity contribution < 1.29 is 23.6 Å². The van der Waals surface area contributed by atoms with Gasteiger partial charge in [-0.3, -0.25) is 0 Å². The SMILES string of the molecule is CCOc1cc(F)c(B(O)O)c(F)c1. The zero-order valence-corrected chi connectivity index (χ0v) is 7.50. The predicted molar refractivity (Wildman–Crippen MR) is 47.4 cm³/mol. The fraction of sp³-hybridized carbons (Fsp3) is 0.250. The third-order valence-electron chi connectivity index (χ3n) is 1.62. The first-order valence-electron chi connectivity index (χ1n) is 4.04. The van der Waals surface area contributed by atoms with Gasteiger partial charge in [-0.1, -0.05) is 0 Å². The molecule has 3 nitrogen and oxygen atoms in total. The Morgan fingerprint density at radius 1 is 1.29 bits per heavy atom. The molecule has 0 bridgehead atoms. The average molecular weight is 202 g/mol. The van der Waals surface area contributed by atoms with E-state index in [1.165, 1.54) is 0 Å². The van der Waals surface area contributed by atoms with Gasteiger partial charge >= 0.3 is 7.12 Å². The molecule has 1 aromatic rings. The number of hydrogen-bond donors (Lipinski definition) is 2. The third kappa shape index (κ3) is 2.21. The summed E-state index contributed by atoms with van der Waals surface area (Å²) in [6.07, 6.45) is 0. The summed E-state index contributed by atoms with van der Waals surface area (Å²) in [5, 5.41) is 17.3. The van der Waals surface area contributed by atoms with Gasteiger partial charge in [0.1, 0.15) is 17.4 Å². The molecule has 0 fully saturated rings. The number of rotatable bonds is 3. The van der Waals surface area contributed by atoms with Gasteiger partial charge in [0.25, 0.3) is 0 Å². The lowest BCUT2D eigenvalue weighted by Gasteiger charge is -2.07. The third-order valence-corrected chi connectivity index (χ3v) is 1.62. The molecule has 0 heterocycles. The molecule has 0 aliphatic rings. The van der Waals surface area contributed by atoms with E-state index in [-0.39, 0.29) is 12.4 Å². The molecule has 1 rings (SSSR count). The van der Waals surface area contributed by atoms with Gasteiger partial charge in [-0.25, -0.2) is 8.78 Å². The lowest BCUT2D eigenvalue weighted by atomic mass is 9.79. The van der Waals surface area contributed by atoms with Crippen LogP contribution in [0.4, 0.5) is 8.78 Å². The molecule has 76 valence electrons. The van der Waals surface area contributed by atoms with Gasteiger partial charge in [-0.15, -0.1) is 0 Å². The van der Waals surface area contributed by atoms with E-state index in [4.69, 9.17) is 14.8 Å². The second kappa shape index (κ2) is 4.39. The van der Waals surface area contributed by atoms with Crippen LogP contribution in [0.25, 0.3) is 0 Å². The number of halogens is 2. The Balaban J connectivity index is 3.11. The maximum absolute atomic E-state index is 13.0. The molecule has 1 aromatic carbocycles. The van der Waals surface area contributed by atoms with Crippen LogP contribution in [-0.2, 0) is 0 Å². The molecule has 0 saturated carbocycles. The molecule has 14 heavy (non-hydrogen) atoms. The van der Waals surface area contributed by atoms with Crippen LogP contribution in [0, 0.1) is 11.6 Å². The van der Waals surface area contributed by atoms with Gasteiger partial charge in [0.05, 0.1) is 12.1 Å². The van der Waals surface area contributed by atoms with E-state index in [9.17, 15) is 8.78 Å². The molecule has 0 aromatic heterocycles. The summed E-state index contributed by atoms with van der Waals surface area (Å²) in [5.74, 6) is -2.06. The van der Waals surface area contributed by atoms with Gasteiger partial charge in [0.15, 0.2) is 0 Å². The fourth-order valence-electron chi connectivity index (χ4n) is 1.06. The molecule has 0 spiro atoms. The lowest BCUT2D eigenvalue weighted by molar-refractivity contribution is 0.336. The molecule has 6 heteroatoms. The highest BCUT2D eigenvalue weighted by Gasteiger charge is 2.22. The molecular formula is C8H9BF2O3. The zero-order valence-electron chi connectivity index (χ0n) is 7.50. The Hall–Kier alpha value is -1.14. The Labute approximate surface area is 80.1 Å². The Kier molecular flexibility index (Phi) is 3.43. The molecular weight excluding hydrogens is 193 g/mol. The summed E-state index contributed by atoms with van der Waals surface area (Å²) in [5.41, 5.74) is -0.770. The number of hydrogen-bond acceptors (Lipinski definition) is 3. The van der Waals surface area contributed by atoms with E-state index in [1.807, 2.05) is 0 Å². The van der Waals surface area contributed by atoms with Crippen molar-refractivity contribution in [3.63, 3.8) is 0 Å². The van der Waals surface area contributed by atoms with E-state index < -0.39 is 24.2 Å². The summed E-state index contributed by atoms with van der Waals surface area (Å²) in [6, 6.07) is 1.81. The number of benzene rings is 1. The fourth-order valence-corrected chi connectivity index (χ4v) is 1.06. The summed E-state index contributed by atoms with van der Waals surface area (Å²) in [7, 11) is -2.16. The van der Waals surface area contributed by atoms with Crippen molar-refractivity contribution >= 4 is 12.6 Å². The quantitative estimate of drug-likeness (QED) is 0.680. The van der Waals surface area contributed by atoms with Crippen LogP contribution in [0.5, 0.6) is 5.75 Å². The zero-order chi connectivity index (χ0) is 10.7. The highest BCUT2D eigenvalue weighted by atomic mass is 19.1. The second-order valence-electron chi connectivity index (χ2n) is 2.61. The van der Waals surface area contributed by atoms with Crippen molar-refractivity contribution in [2.24, 2.45) is 0 Å². The maximum atomic E-state index is 13.0. The lowest BCUT2D eigenvalue weighted by Crippen LogP contribution is -2.35. The summed E-state index contributed by atoms with van der Waals surface area (Å²) in [4.78, 5) is 0. The minimum absolute atomic E-state index is 0.0203. The largest absolute Gasteiger partial charge is 0.494 e. The molecule has 0 unspecified atom stereocenters. The van der Waals surface area contributed by atoms with Gasteiger partial charge in [-0.05, 0) is 6.92 Å². The highest BCUT2D eigenvalue weighted by molar-refractivity contribution is 6.58. The van der Waals surface area contributed by atoms with E-state index in [1.54, 1.807) is 6.92 Å². The average Bonchev–Trinajstić information content (AvgIpc) is 2.01. The van der Waals surface area contributed by atoms with E-state index >= 15 is 0 Å². The first-order valence-corrected chi connectivity index (χ1v) is 4.04. The van der Waals surface area contributed by atoms with Gasteiger partial charge in [-0.2, -0.15) is 0 Å². The highest BCUT2D eigenvalue weighted by Crippen LogP contribution is 2.14. The predicted octanol–water partition coefficient (Wildman–Crippen LogP) is 0.0433. The van der Waals surface area contributed by atoms with Crippen LogP contribution >= 0.6 is 0 Å². The van der Waals surface area contributed by atoms with E-state index in [2.05, 4.69) is 0 Å². The van der Waals surface area contributed by atoms with Crippen LogP contribution in [0.2, 0.25) is 0 Å². The smallest absolute Gasteiger partial charge is 0.494 e. The Bertz CT molecular complexity index is 307. The summed E-state index contributed by atoms with van der Waals surface area (Å²) in [6.45, 7) is 1.95. The standard InChI is InChI=1S/C8H9BF2O3/c1-2-14-5-3-6(10)8(9(12)13)7(11)4-5/h3-4,12-13H,2H2,1H3. The molecule has 0 saturated heterocycles. The van der Waals surface area contributed by atoms with Crippen molar-refractivity contribution in [1.82, 2.24) is 0 Å². The van der Waals surface area contributed by atoms with E-state index in [0.29, 0.717) is 0 Å². The summed E-state index contributed by atoms with van der Waals surface area (Å²) < 4.78 is 30.9. The van der Waals surface area contributed by atoms with E-state index in [0.717, 1.165) is 12.1 Å². The maximum Gasteiger partial charge on any atom is 0.494 e. The van der Waals surface area contributed by atoms with Crippen LogP contribution in [0.15, 0.2) is 12.1 Å². The van der Waals surface area contributed by atoms with Crippen LogP contribution in [0.1, 0.15) is 6.92 Å². The Morgan fingerprint density at radius 3 is 2.14 bits per heavy atom. The minimum atomic E-state index is -2.16. The first kappa shape index (κ1) is 10.9. The van der Waals surface area contributed by atoms with Crippen LogP contribution in [0.3, 0.4) is 0 Å². The number of ether oxygens (including phenoxy) is 1. The van der Waals surface area contributed by atoms with Crippen molar-refractivity contribution in [2.45, 2.75) is 6.92 Å². The van der Waals surface area contributed by atoms with Crippen LogP contribution < -0.4 is 10.2 Å².